The Morgan fingerprint density at radius 2 is 2.00 bits per heavy atom. The van der Waals surface area contributed by atoms with Crippen molar-refractivity contribution in [3.05, 3.63) is 60.0 Å². The maximum atomic E-state index is 13.9. The number of hydrogen-bond donors (Lipinski definition) is 3. The fraction of sp³-hybridized carbons (Fsp3) is 0. The molecule has 4 rings (SSSR count). The summed E-state index contributed by atoms with van der Waals surface area (Å²) in [7, 11) is 0. The summed E-state index contributed by atoms with van der Waals surface area (Å²) in [6.07, 6.45) is 1.54. The zero-order valence-electron chi connectivity index (χ0n) is 11.4. The van der Waals surface area contributed by atoms with Crippen LogP contribution in [0.25, 0.3) is 16.5 Å². The Balaban J connectivity index is 1.74. The van der Waals surface area contributed by atoms with Gasteiger partial charge in [0, 0.05) is 17.5 Å². The number of fused-ring (bicyclic) bond motifs is 2. The number of aromatic amines is 1. The van der Waals surface area contributed by atoms with E-state index in [-0.39, 0.29) is 11.7 Å². The molecule has 2 heterocycles. The van der Waals surface area contributed by atoms with Gasteiger partial charge in [0.2, 0.25) is 0 Å². The summed E-state index contributed by atoms with van der Waals surface area (Å²) < 4.78 is 13.9. The number of nitrogens with zero attached hydrogens (tertiary/aromatic N) is 1. The number of carbonyl (C=O) groups is 1. The van der Waals surface area contributed by atoms with Crippen LogP contribution in [0.4, 0.5) is 15.9 Å². The summed E-state index contributed by atoms with van der Waals surface area (Å²) in [6.45, 7) is 0. The van der Waals surface area contributed by atoms with E-state index < -0.39 is 0 Å². The molecule has 22 heavy (non-hydrogen) atoms. The van der Waals surface area contributed by atoms with Gasteiger partial charge in [-0.25, -0.2) is 4.39 Å². The fourth-order valence-corrected chi connectivity index (χ4v) is 2.56. The van der Waals surface area contributed by atoms with E-state index in [4.69, 9.17) is 0 Å². The number of carbonyl (C=O) groups excluding carboxylic acids is 1. The summed E-state index contributed by atoms with van der Waals surface area (Å²) in [5.41, 5.74) is 2.65. The Hall–Kier alpha value is -3.15. The SMILES string of the molecule is O=C1Nc2ccccc2C1=CNc1n[nH]c2cccc(F)c12. The first-order chi connectivity index (χ1) is 10.7. The molecular formula is C16H11FN4O. The molecule has 0 radical (unpaired) electrons. The molecule has 2 aromatic carbocycles. The molecule has 5 nitrogen and oxygen atoms in total. The van der Waals surface area contributed by atoms with Gasteiger partial charge in [-0.05, 0) is 18.2 Å². The second-order valence-electron chi connectivity index (χ2n) is 4.94. The van der Waals surface area contributed by atoms with Gasteiger partial charge in [0.05, 0.1) is 16.5 Å². The fourth-order valence-electron chi connectivity index (χ4n) is 2.56. The molecule has 1 amide bonds. The predicted molar refractivity (Wildman–Crippen MR) is 82.7 cm³/mol. The van der Waals surface area contributed by atoms with E-state index in [1.165, 1.54) is 6.07 Å². The molecule has 1 aliphatic rings. The molecule has 0 spiro atoms. The third kappa shape index (κ3) is 1.85. The maximum absolute atomic E-state index is 13.9. The van der Waals surface area contributed by atoms with Gasteiger partial charge in [0.1, 0.15) is 5.82 Å². The highest BCUT2D eigenvalue weighted by Gasteiger charge is 2.23. The molecule has 0 aliphatic carbocycles. The normalized spacial score (nSPS) is 15.1. The number of anilines is 2. The highest BCUT2D eigenvalue weighted by molar-refractivity contribution is 6.31. The lowest BCUT2D eigenvalue weighted by Gasteiger charge is -2.00. The number of H-pyrrole nitrogens is 1. The van der Waals surface area contributed by atoms with Gasteiger partial charge >= 0.3 is 0 Å². The van der Waals surface area contributed by atoms with Gasteiger partial charge in [0.25, 0.3) is 5.91 Å². The number of rotatable bonds is 2. The van der Waals surface area contributed by atoms with Crippen LogP contribution in [0.2, 0.25) is 0 Å². The monoisotopic (exact) mass is 294 g/mol. The van der Waals surface area contributed by atoms with Crippen LogP contribution in [0, 0.1) is 5.82 Å². The number of halogens is 1. The first-order valence-corrected chi connectivity index (χ1v) is 6.74. The third-order valence-corrected chi connectivity index (χ3v) is 3.60. The van der Waals surface area contributed by atoms with Crippen molar-refractivity contribution in [1.82, 2.24) is 10.2 Å². The van der Waals surface area contributed by atoms with Gasteiger partial charge in [-0.2, -0.15) is 5.10 Å². The summed E-state index contributed by atoms with van der Waals surface area (Å²) in [4.78, 5) is 12.0. The molecule has 3 aromatic rings. The molecule has 0 atom stereocenters. The third-order valence-electron chi connectivity index (χ3n) is 3.60. The number of benzene rings is 2. The molecular weight excluding hydrogens is 283 g/mol. The first kappa shape index (κ1) is 12.6. The Kier molecular flexibility index (Phi) is 2.69. The minimum atomic E-state index is -0.372. The second kappa shape index (κ2) is 4.70. The first-order valence-electron chi connectivity index (χ1n) is 6.74. The van der Waals surface area contributed by atoms with Crippen molar-refractivity contribution in [3.63, 3.8) is 0 Å². The molecule has 6 heteroatoms. The molecule has 0 fully saturated rings. The highest BCUT2D eigenvalue weighted by Crippen LogP contribution is 2.31. The van der Waals surface area contributed by atoms with E-state index in [0.29, 0.717) is 22.3 Å². The van der Waals surface area contributed by atoms with E-state index in [0.717, 1.165) is 11.3 Å². The molecule has 1 aliphatic heterocycles. The van der Waals surface area contributed by atoms with Crippen LogP contribution in [-0.4, -0.2) is 16.1 Å². The van der Waals surface area contributed by atoms with Gasteiger partial charge in [0.15, 0.2) is 5.82 Å². The van der Waals surface area contributed by atoms with Crippen LogP contribution >= 0.6 is 0 Å². The smallest absolute Gasteiger partial charge is 0.257 e. The largest absolute Gasteiger partial charge is 0.344 e. The quantitative estimate of drug-likeness (QED) is 0.636. The van der Waals surface area contributed by atoms with Crippen molar-refractivity contribution in [2.75, 3.05) is 10.6 Å². The topological polar surface area (TPSA) is 69.8 Å². The Morgan fingerprint density at radius 1 is 1.14 bits per heavy atom. The second-order valence-corrected chi connectivity index (χ2v) is 4.94. The van der Waals surface area contributed by atoms with E-state index >= 15 is 0 Å². The number of hydrogen-bond acceptors (Lipinski definition) is 3. The molecule has 1 aromatic heterocycles. The summed E-state index contributed by atoms with van der Waals surface area (Å²) in [5.74, 6) is -0.227. The van der Waals surface area contributed by atoms with Gasteiger partial charge < -0.3 is 10.6 Å². The summed E-state index contributed by atoms with van der Waals surface area (Å²) >= 11 is 0. The van der Waals surface area contributed by atoms with Gasteiger partial charge in [-0.15, -0.1) is 0 Å². The molecule has 0 saturated heterocycles. The Morgan fingerprint density at radius 3 is 2.91 bits per heavy atom. The highest BCUT2D eigenvalue weighted by atomic mass is 19.1. The Bertz CT molecular complexity index is 929. The molecule has 0 bridgehead atoms. The standard InChI is InChI=1S/C16H11FN4O/c17-11-5-3-7-13-14(11)15(21-20-13)18-8-10-9-4-1-2-6-12(9)19-16(10)22/h1-8H,(H,19,22)(H2,18,20,21). The minimum Gasteiger partial charge on any atom is -0.344 e. The van der Waals surface area contributed by atoms with Crippen LogP contribution in [0.5, 0.6) is 0 Å². The number of para-hydroxylation sites is 1. The van der Waals surface area contributed by atoms with Gasteiger partial charge in [-0.3, -0.25) is 9.89 Å². The lowest BCUT2D eigenvalue weighted by Crippen LogP contribution is -2.05. The Labute approximate surface area is 124 Å². The molecule has 108 valence electrons. The maximum Gasteiger partial charge on any atom is 0.257 e. The zero-order valence-corrected chi connectivity index (χ0v) is 11.4. The average Bonchev–Trinajstić information content (AvgIpc) is 3.06. The van der Waals surface area contributed by atoms with Crippen molar-refractivity contribution >= 4 is 33.9 Å². The van der Waals surface area contributed by atoms with Crippen LogP contribution < -0.4 is 10.6 Å². The zero-order chi connectivity index (χ0) is 15.1. The lowest BCUT2D eigenvalue weighted by molar-refractivity contribution is -0.110. The van der Waals surface area contributed by atoms with Crippen molar-refractivity contribution in [3.8, 4) is 0 Å². The van der Waals surface area contributed by atoms with Crippen LogP contribution in [0.15, 0.2) is 48.7 Å². The van der Waals surface area contributed by atoms with E-state index in [9.17, 15) is 9.18 Å². The van der Waals surface area contributed by atoms with Gasteiger partial charge in [-0.1, -0.05) is 24.3 Å². The van der Waals surface area contributed by atoms with E-state index in [1.807, 2.05) is 24.3 Å². The number of aromatic nitrogens is 2. The summed E-state index contributed by atoms with van der Waals surface area (Å²) in [5, 5.41) is 12.9. The lowest BCUT2D eigenvalue weighted by atomic mass is 10.1. The average molecular weight is 294 g/mol. The van der Waals surface area contributed by atoms with E-state index in [1.54, 1.807) is 18.3 Å². The summed E-state index contributed by atoms with van der Waals surface area (Å²) in [6, 6.07) is 12.1. The van der Waals surface area contributed by atoms with E-state index in [2.05, 4.69) is 20.8 Å². The minimum absolute atomic E-state index is 0.200. The number of amides is 1. The molecule has 0 saturated carbocycles. The van der Waals surface area contributed by atoms with Crippen LogP contribution in [0.3, 0.4) is 0 Å². The molecule has 3 N–H and O–H groups in total. The van der Waals surface area contributed by atoms with Crippen LogP contribution in [0.1, 0.15) is 5.56 Å². The molecule has 0 unspecified atom stereocenters. The van der Waals surface area contributed by atoms with Crippen molar-refractivity contribution in [1.29, 1.82) is 0 Å². The van der Waals surface area contributed by atoms with Crippen molar-refractivity contribution in [2.24, 2.45) is 0 Å². The predicted octanol–water partition coefficient (Wildman–Crippen LogP) is 3.11. The van der Waals surface area contributed by atoms with Crippen molar-refractivity contribution in [2.45, 2.75) is 0 Å². The van der Waals surface area contributed by atoms with Crippen LogP contribution in [-0.2, 0) is 4.79 Å². The number of nitrogens with one attached hydrogen (secondary N) is 3. The van der Waals surface area contributed by atoms with Crippen molar-refractivity contribution < 1.29 is 9.18 Å².